The van der Waals surface area contributed by atoms with Crippen LogP contribution >= 0.6 is 15.9 Å². The predicted molar refractivity (Wildman–Crippen MR) is 86.7 cm³/mol. The van der Waals surface area contributed by atoms with Gasteiger partial charge in [-0.25, -0.2) is 4.98 Å². The fourth-order valence-corrected chi connectivity index (χ4v) is 2.71. The van der Waals surface area contributed by atoms with Crippen molar-refractivity contribution in [2.24, 2.45) is 0 Å². The van der Waals surface area contributed by atoms with Crippen LogP contribution < -0.4 is 5.73 Å². The van der Waals surface area contributed by atoms with Gasteiger partial charge in [0.25, 0.3) is 0 Å². The number of halogens is 1. The number of allylic oxidation sites excluding steroid dienone is 1. The van der Waals surface area contributed by atoms with Crippen molar-refractivity contribution in [3.63, 3.8) is 0 Å². The minimum absolute atomic E-state index is 0.572. The Balaban J connectivity index is 2.10. The lowest BCUT2D eigenvalue weighted by molar-refractivity contribution is 0.750. The number of nitrogen functional groups attached to an aromatic ring is 1. The third-order valence-corrected chi connectivity index (χ3v) is 4.61. The van der Waals surface area contributed by atoms with Crippen molar-refractivity contribution < 1.29 is 0 Å². The molecule has 0 amide bonds. The largest absolute Gasteiger partial charge is 0.383 e. The van der Waals surface area contributed by atoms with Gasteiger partial charge in [0.1, 0.15) is 17.3 Å². The molecule has 1 aliphatic rings. The third-order valence-electron chi connectivity index (χ3n) is 3.72. The molecule has 2 aromatic rings. The molecular formula is C16H18BrN3. The summed E-state index contributed by atoms with van der Waals surface area (Å²) in [5, 5.41) is 0. The number of nitrogens with two attached hydrogens (primary N) is 1. The average Bonchev–Trinajstić information content (AvgIpc) is 3.21. The predicted octanol–water partition coefficient (Wildman–Crippen LogP) is 4.27. The number of imidazole rings is 1. The molecule has 3 rings (SSSR count). The van der Waals surface area contributed by atoms with Crippen molar-refractivity contribution in [3.8, 4) is 11.3 Å². The molecule has 104 valence electrons. The van der Waals surface area contributed by atoms with Gasteiger partial charge in [-0.15, -0.1) is 6.58 Å². The smallest absolute Gasteiger partial charge is 0.132 e. The monoisotopic (exact) mass is 331 g/mol. The molecule has 0 spiro atoms. The van der Waals surface area contributed by atoms with Crippen LogP contribution in [0.25, 0.3) is 11.3 Å². The lowest BCUT2D eigenvalue weighted by Crippen LogP contribution is -2.05. The van der Waals surface area contributed by atoms with Crippen molar-refractivity contribution in [2.45, 2.75) is 32.2 Å². The van der Waals surface area contributed by atoms with Crippen molar-refractivity contribution >= 4 is 21.7 Å². The van der Waals surface area contributed by atoms with Crippen LogP contribution in [0.4, 0.5) is 5.82 Å². The SMILES string of the molecule is C=CCn1c(C2CC2)nc(-c2ccc(Br)c(C)c2)c1N. The summed E-state index contributed by atoms with van der Waals surface area (Å²) in [6.07, 6.45) is 4.30. The summed E-state index contributed by atoms with van der Waals surface area (Å²) in [6, 6.07) is 6.23. The second-order valence-corrected chi connectivity index (χ2v) is 6.20. The lowest BCUT2D eigenvalue weighted by Gasteiger charge is -2.06. The van der Waals surface area contributed by atoms with Gasteiger partial charge < -0.3 is 10.3 Å². The van der Waals surface area contributed by atoms with Crippen LogP contribution in [-0.4, -0.2) is 9.55 Å². The number of hydrogen-bond acceptors (Lipinski definition) is 2. The van der Waals surface area contributed by atoms with Gasteiger partial charge in [-0.3, -0.25) is 0 Å². The van der Waals surface area contributed by atoms with Crippen molar-refractivity contribution in [1.29, 1.82) is 0 Å². The summed E-state index contributed by atoms with van der Waals surface area (Å²) >= 11 is 3.53. The van der Waals surface area contributed by atoms with Crippen LogP contribution in [0.15, 0.2) is 35.3 Å². The van der Waals surface area contributed by atoms with Gasteiger partial charge in [0.15, 0.2) is 0 Å². The van der Waals surface area contributed by atoms with Crippen molar-refractivity contribution in [2.75, 3.05) is 5.73 Å². The third kappa shape index (κ3) is 2.29. The van der Waals surface area contributed by atoms with E-state index in [9.17, 15) is 0 Å². The molecule has 3 nitrogen and oxygen atoms in total. The maximum Gasteiger partial charge on any atom is 0.132 e. The van der Waals surface area contributed by atoms with Crippen LogP contribution in [0.5, 0.6) is 0 Å². The Bertz CT molecular complexity index is 669. The Labute approximate surface area is 127 Å². The van der Waals surface area contributed by atoms with Gasteiger partial charge >= 0.3 is 0 Å². The molecular weight excluding hydrogens is 314 g/mol. The molecule has 0 bridgehead atoms. The van der Waals surface area contributed by atoms with Gasteiger partial charge in [0.2, 0.25) is 0 Å². The van der Waals surface area contributed by atoms with Gasteiger partial charge in [-0.2, -0.15) is 0 Å². The highest BCUT2D eigenvalue weighted by molar-refractivity contribution is 9.10. The maximum atomic E-state index is 6.32. The molecule has 1 aliphatic carbocycles. The highest BCUT2D eigenvalue weighted by Gasteiger charge is 2.30. The Morgan fingerprint density at radius 3 is 2.85 bits per heavy atom. The summed E-state index contributed by atoms with van der Waals surface area (Å²) < 4.78 is 3.20. The van der Waals surface area contributed by atoms with Crippen molar-refractivity contribution in [1.82, 2.24) is 9.55 Å². The molecule has 1 fully saturated rings. The number of nitrogens with zero attached hydrogens (tertiary/aromatic N) is 2. The fraction of sp³-hybridized carbons (Fsp3) is 0.312. The molecule has 0 aliphatic heterocycles. The number of benzene rings is 1. The first-order valence-corrected chi connectivity index (χ1v) is 7.64. The summed E-state index contributed by atoms with van der Waals surface area (Å²) in [7, 11) is 0. The van der Waals surface area contributed by atoms with E-state index in [0.29, 0.717) is 5.92 Å². The van der Waals surface area contributed by atoms with Crippen LogP contribution in [0, 0.1) is 6.92 Å². The van der Waals surface area contributed by atoms with Crippen molar-refractivity contribution in [3.05, 3.63) is 46.7 Å². The van der Waals surface area contributed by atoms with E-state index < -0.39 is 0 Å². The summed E-state index contributed by atoms with van der Waals surface area (Å²) in [5.41, 5.74) is 9.47. The number of aryl methyl sites for hydroxylation is 1. The van der Waals surface area contributed by atoms with Gasteiger partial charge in [0.05, 0.1) is 0 Å². The summed E-state index contributed by atoms with van der Waals surface area (Å²) in [4.78, 5) is 4.81. The standard InChI is InChI=1S/C16H18BrN3/c1-3-8-20-15(18)14(19-16(20)11-4-5-11)12-6-7-13(17)10(2)9-12/h3,6-7,9,11H,1,4-5,8,18H2,2H3. The van der Waals surface area contributed by atoms with E-state index in [4.69, 9.17) is 10.7 Å². The molecule has 1 aromatic heterocycles. The molecule has 0 radical (unpaired) electrons. The Kier molecular flexibility index (Phi) is 3.42. The highest BCUT2D eigenvalue weighted by Crippen LogP contribution is 2.42. The molecule has 0 saturated heterocycles. The summed E-state index contributed by atoms with van der Waals surface area (Å²) in [5.74, 6) is 2.43. The summed E-state index contributed by atoms with van der Waals surface area (Å²) in [6.45, 7) is 6.61. The van der Waals surface area contributed by atoms with E-state index in [0.717, 1.165) is 33.9 Å². The van der Waals surface area contributed by atoms with Gasteiger partial charge in [-0.05, 0) is 37.5 Å². The van der Waals surface area contributed by atoms with Crippen LogP contribution in [-0.2, 0) is 6.54 Å². The quantitative estimate of drug-likeness (QED) is 0.850. The molecule has 1 saturated carbocycles. The van der Waals surface area contributed by atoms with E-state index >= 15 is 0 Å². The van der Waals surface area contributed by atoms with Crippen LogP contribution in [0.2, 0.25) is 0 Å². The normalized spacial score (nSPS) is 14.5. The van der Waals surface area contributed by atoms with E-state index in [1.54, 1.807) is 0 Å². The van der Waals surface area contributed by atoms with E-state index in [-0.39, 0.29) is 0 Å². The molecule has 4 heteroatoms. The second-order valence-electron chi connectivity index (χ2n) is 5.34. The van der Waals surface area contributed by atoms with Crippen LogP contribution in [0.1, 0.15) is 30.1 Å². The van der Waals surface area contributed by atoms with E-state index in [1.165, 1.54) is 18.4 Å². The minimum atomic E-state index is 0.572. The lowest BCUT2D eigenvalue weighted by atomic mass is 10.1. The zero-order chi connectivity index (χ0) is 14.3. The average molecular weight is 332 g/mol. The first kappa shape index (κ1) is 13.4. The zero-order valence-corrected chi connectivity index (χ0v) is 13.2. The zero-order valence-electron chi connectivity index (χ0n) is 11.6. The highest BCUT2D eigenvalue weighted by atomic mass is 79.9. The maximum absolute atomic E-state index is 6.32. The Morgan fingerprint density at radius 1 is 1.50 bits per heavy atom. The van der Waals surface area contributed by atoms with E-state index in [1.807, 2.05) is 12.1 Å². The second kappa shape index (κ2) is 5.09. The number of anilines is 1. The molecule has 0 unspecified atom stereocenters. The Morgan fingerprint density at radius 2 is 2.25 bits per heavy atom. The van der Waals surface area contributed by atoms with E-state index in [2.05, 4.69) is 46.1 Å². The first-order chi connectivity index (χ1) is 9.61. The van der Waals surface area contributed by atoms with Gasteiger partial charge in [0, 0.05) is 22.5 Å². The fourth-order valence-electron chi connectivity index (χ4n) is 2.46. The minimum Gasteiger partial charge on any atom is -0.383 e. The molecule has 1 aromatic carbocycles. The van der Waals surface area contributed by atoms with Crippen LogP contribution in [0.3, 0.4) is 0 Å². The number of rotatable bonds is 4. The molecule has 20 heavy (non-hydrogen) atoms. The molecule has 1 heterocycles. The Hall–Kier alpha value is -1.55. The molecule has 0 atom stereocenters. The first-order valence-electron chi connectivity index (χ1n) is 6.85. The van der Waals surface area contributed by atoms with Gasteiger partial charge in [-0.1, -0.05) is 28.1 Å². The number of hydrogen-bond donors (Lipinski definition) is 1. The molecule has 2 N–H and O–H groups in total. The number of aromatic nitrogens is 2. The topological polar surface area (TPSA) is 43.8 Å².